The van der Waals surface area contributed by atoms with Crippen LogP contribution in [-0.4, -0.2) is 123 Å². The molecule has 18 heteroatoms. The van der Waals surface area contributed by atoms with E-state index in [1.165, 1.54) is 102 Å². The summed E-state index contributed by atoms with van der Waals surface area (Å²) in [6.07, 6.45) is 22.2. The van der Waals surface area contributed by atoms with Crippen LogP contribution in [0.15, 0.2) is 54.6 Å². The Hall–Kier alpha value is -4.67. The van der Waals surface area contributed by atoms with Crippen LogP contribution in [0.4, 0.5) is 0 Å². The van der Waals surface area contributed by atoms with Crippen molar-refractivity contribution in [3.8, 4) is 5.75 Å². The van der Waals surface area contributed by atoms with Gasteiger partial charge in [0.1, 0.15) is 29.7 Å². The summed E-state index contributed by atoms with van der Waals surface area (Å²) in [7, 11) is -4.80. The Morgan fingerprint density at radius 3 is 1.92 bits per heavy atom. The molecule has 3 aliphatic rings. The zero-order valence-electron chi connectivity index (χ0n) is 44.2. The molecule has 3 fully saturated rings. The van der Waals surface area contributed by atoms with E-state index in [1.54, 1.807) is 17.0 Å². The SMILES string of the molecule is CCCCCCCCCCCCCCCCN1CCN(CCC(=O)C[C@@H](Cc2ccc(OP(=O)(O)O)cc2)C(=O)N[C@H]2CCCCC3CC[C@@H](C(=O)N[C@@H](CCC(N)=O)C(=O)NCc4ccccc4)N3C2=O)CC1. The van der Waals surface area contributed by atoms with Crippen molar-refractivity contribution in [2.45, 2.75) is 198 Å². The van der Waals surface area contributed by atoms with Crippen LogP contribution in [0, 0.1) is 5.92 Å². The summed E-state index contributed by atoms with van der Waals surface area (Å²) in [6, 6.07) is 12.0. The summed E-state index contributed by atoms with van der Waals surface area (Å²) in [5.74, 6) is -3.54. The zero-order valence-corrected chi connectivity index (χ0v) is 45.1. The van der Waals surface area contributed by atoms with Gasteiger partial charge in [0.2, 0.25) is 29.5 Å². The summed E-state index contributed by atoms with van der Waals surface area (Å²) in [4.78, 5) is 107. The van der Waals surface area contributed by atoms with Crippen molar-refractivity contribution in [3.63, 3.8) is 0 Å². The molecule has 0 aliphatic carbocycles. The van der Waals surface area contributed by atoms with Crippen LogP contribution in [0.2, 0.25) is 0 Å². The van der Waals surface area contributed by atoms with Crippen molar-refractivity contribution in [1.29, 1.82) is 0 Å². The van der Waals surface area contributed by atoms with Crippen LogP contribution in [-0.2, 0) is 46.3 Å². The lowest BCUT2D eigenvalue weighted by Gasteiger charge is -2.36. The maximum absolute atomic E-state index is 14.6. The van der Waals surface area contributed by atoms with Crippen LogP contribution >= 0.6 is 7.82 Å². The molecule has 5 atom stereocenters. The maximum Gasteiger partial charge on any atom is 0.524 e. The first-order valence-corrected chi connectivity index (χ1v) is 29.6. The average Bonchev–Trinajstić information content (AvgIpc) is 3.80. The smallest absolute Gasteiger partial charge is 0.404 e. The van der Waals surface area contributed by atoms with Gasteiger partial charge in [-0.05, 0) is 74.8 Å². The number of Topliss-reactive ketones (excluding diaryl/α,β-unsaturated/α-hetero) is 1. The van der Waals surface area contributed by atoms with E-state index in [0.29, 0.717) is 44.2 Å². The van der Waals surface area contributed by atoms with E-state index in [4.69, 9.17) is 10.3 Å². The van der Waals surface area contributed by atoms with Crippen molar-refractivity contribution >= 4 is 43.1 Å². The molecule has 2 aromatic rings. The number of fused-ring (bicyclic) bond motifs is 1. The second kappa shape index (κ2) is 32.7. The number of nitrogens with two attached hydrogens (primary N) is 1. The summed E-state index contributed by atoms with van der Waals surface area (Å²) >= 11 is 0. The van der Waals surface area contributed by atoms with Gasteiger partial charge in [-0.1, -0.05) is 146 Å². The molecule has 74 heavy (non-hydrogen) atoms. The molecule has 0 spiro atoms. The molecule has 0 radical (unpaired) electrons. The van der Waals surface area contributed by atoms with E-state index in [9.17, 15) is 43.1 Å². The minimum atomic E-state index is -4.80. The Balaban J connectivity index is 1.13. The van der Waals surface area contributed by atoms with Crippen molar-refractivity contribution in [2.24, 2.45) is 11.7 Å². The van der Waals surface area contributed by atoms with E-state index in [-0.39, 0.29) is 56.2 Å². The van der Waals surface area contributed by atoms with Crippen LogP contribution in [0.25, 0.3) is 0 Å². The Kier molecular flexibility index (Phi) is 26.6. The van der Waals surface area contributed by atoms with Crippen molar-refractivity contribution in [2.75, 3.05) is 39.3 Å². The Labute approximate surface area is 440 Å². The molecule has 3 aliphatic heterocycles. The number of primary amides is 1. The molecule has 7 N–H and O–H groups in total. The number of carbonyl (C=O) groups is 6. The highest BCUT2D eigenvalue weighted by Gasteiger charge is 2.45. The molecule has 5 amide bonds. The van der Waals surface area contributed by atoms with Gasteiger partial charge in [0, 0.05) is 70.5 Å². The van der Waals surface area contributed by atoms with Crippen molar-refractivity contribution < 1.29 is 47.6 Å². The number of piperazine rings is 1. The fourth-order valence-corrected chi connectivity index (χ4v) is 11.1. The Bertz CT molecular complexity index is 2080. The number of nitrogens with one attached hydrogen (secondary N) is 3. The van der Waals surface area contributed by atoms with Crippen LogP contribution in [0.5, 0.6) is 5.75 Å². The molecular formula is C56H88N7O10P. The second-order valence-corrected chi connectivity index (χ2v) is 22.2. The predicted octanol–water partition coefficient (Wildman–Crippen LogP) is 7.25. The second-order valence-electron chi connectivity index (χ2n) is 21.0. The lowest BCUT2D eigenvalue weighted by atomic mass is 9.91. The largest absolute Gasteiger partial charge is 0.524 e. The van der Waals surface area contributed by atoms with E-state index >= 15 is 0 Å². The van der Waals surface area contributed by atoms with Gasteiger partial charge in [-0.2, -0.15) is 0 Å². The van der Waals surface area contributed by atoms with Gasteiger partial charge in [0.25, 0.3) is 0 Å². The lowest BCUT2D eigenvalue weighted by molar-refractivity contribution is -0.145. The summed E-state index contributed by atoms with van der Waals surface area (Å²) in [5.41, 5.74) is 6.92. The molecule has 0 saturated carbocycles. The monoisotopic (exact) mass is 1050 g/mol. The van der Waals surface area contributed by atoms with Gasteiger partial charge >= 0.3 is 7.82 Å². The van der Waals surface area contributed by atoms with Gasteiger partial charge in [-0.3, -0.25) is 38.6 Å². The van der Waals surface area contributed by atoms with E-state index in [1.807, 2.05) is 30.3 Å². The number of rotatable bonds is 34. The highest BCUT2D eigenvalue weighted by atomic mass is 31.2. The van der Waals surface area contributed by atoms with E-state index in [0.717, 1.165) is 44.7 Å². The molecule has 5 rings (SSSR count). The van der Waals surface area contributed by atoms with Crippen molar-refractivity contribution in [3.05, 3.63) is 65.7 Å². The first-order valence-electron chi connectivity index (χ1n) is 28.0. The number of hydrogen-bond acceptors (Lipinski definition) is 10. The molecule has 17 nitrogen and oxygen atoms in total. The average molecular weight is 1050 g/mol. The normalized spacial score (nSPS) is 19.4. The lowest BCUT2D eigenvalue weighted by Crippen LogP contribution is -2.58. The number of amides is 5. The van der Waals surface area contributed by atoms with Crippen LogP contribution in [0.1, 0.15) is 172 Å². The molecule has 0 aromatic heterocycles. The molecular weight excluding hydrogens is 962 g/mol. The molecule has 2 aromatic carbocycles. The topological polar surface area (TPSA) is 241 Å². The Morgan fingerprint density at radius 1 is 0.716 bits per heavy atom. The number of nitrogens with zero attached hydrogens (tertiary/aromatic N) is 3. The molecule has 3 heterocycles. The minimum absolute atomic E-state index is 0.0275. The summed E-state index contributed by atoms with van der Waals surface area (Å²) in [6.45, 7) is 7.79. The third-order valence-electron chi connectivity index (χ3n) is 15.1. The fourth-order valence-electron chi connectivity index (χ4n) is 10.7. The first kappa shape index (κ1) is 60.2. The quantitative estimate of drug-likeness (QED) is 0.0300. The fraction of sp³-hybridized carbons (Fsp3) is 0.679. The molecule has 3 saturated heterocycles. The third-order valence-corrected chi connectivity index (χ3v) is 15.5. The van der Waals surface area contributed by atoms with Crippen molar-refractivity contribution in [1.82, 2.24) is 30.7 Å². The number of ketones is 1. The maximum atomic E-state index is 14.6. The van der Waals surface area contributed by atoms with Gasteiger partial charge in [-0.25, -0.2) is 4.57 Å². The number of hydrogen-bond donors (Lipinski definition) is 6. The first-order chi connectivity index (χ1) is 35.7. The van der Waals surface area contributed by atoms with Gasteiger partial charge in [0.05, 0.1) is 0 Å². The standard InChI is InChI=1S/C56H88N7O10P/c1-2-3-4-5-6-7-8-9-10-11-12-13-14-20-34-61-36-38-62(39-37-61)35-33-47(64)41-45(40-43-25-28-48(29-26-43)73-74(70,71)72)53(66)60-50-24-19-18-23-46-27-31-51(63(46)56(50)69)55(68)59-49(30-32-52(57)65)54(67)58-42-44-21-16-15-17-22-44/h15-17,21-22,25-26,28-29,45-46,49-51H,2-14,18-20,23-24,27,30-42H2,1H3,(H2,57,65)(H,58,67)(H,59,68)(H,60,66)(H2,70,71,72)/t45-,46?,49+,50+,51+/m1/s1. The predicted molar refractivity (Wildman–Crippen MR) is 286 cm³/mol. The third kappa shape index (κ3) is 22.3. The number of carbonyl (C=O) groups excluding carboxylic acids is 6. The highest BCUT2D eigenvalue weighted by Crippen LogP contribution is 2.38. The highest BCUT2D eigenvalue weighted by molar-refractivity contribution is 7.46. The number of phosphoric ester groups is 1. The van der Waals surface area contributed by atoms with Gasteiger partial charge in [0.15, 0.2) is 0 Å². The Morgan fingerprint density at radius 2 is 1.31 bits per heavy atom. The molecule has 0 bridgehead atoms. The summed E-state index contributed by atoms with van der Waals surface area (Å²) < 4.78 is 16.2. The zero-order chi connectivity index (χ0) is 53.1. The van der Waals surface area contributed by atoms with Gasteiger partial charge < -0.3 is 40.9 Å². The van der Waals surface area contributed by atoms with Crippen LogP contribution < -0.4 is 26.2 Å². The number of benzene rings is 2. The summed E-state index contributed by atoms with van der Waals surface area (Å²) in [5, 5.41) is 8.62. The molecule has 1 unspecified atom stereocenters. The van der Waals surface area contributed by atoms with E-state index < -0.39 is 61.4 Å². The minimum Gasteiger partial charge on any atom is -0.404 e. The van der Waals surface area contributed by atoms with Gasteiger partial charge in [-0.15, -0.1) is 0 Å². The number of unbranched alkanes of at least 4 members (excludes halogenated alkanes) is 13. The molecule has 412 valence electrons. The van der Waals surface area contributed by atoms with E-state index in [2.05, 4.69) is 32.7 Å². The number of phosphoric acid groups is 1. The van der Waals surface area contributed by atoms with Crippen LogP contribution in [0.3, 0.4) is 0 Å².